The first-order valence-corrected chi connectivity index (χ1v) is 7.27. The molecule has 23 heavy (non-hydrogen) atoms. The summed E-state index contributed by atoms with van der Waals surface area (Å²) in [5, 5.41) is 62.1. The molecule has 0 aliphatic carbocycles. The van der Waals surface area contributed by atoms with E-state index in [0.717, 1.165) is 0 Å². The van der Waals surface area contributed by atoms with Crippen LogP contribution in [0, 0.1) is 0 Å². The van der Waals surface area contributed by atoms with E-state index in [0.29, 0.717) is 0 Å². The van der Waals surface area contributed by atoms with E-state index in [9.17, 15) is 20.4 Å². The third kappa shape index (κ3) is 476. The van der Waals surface area contributed by atoms with Crippen molar-refractivity contribution in [3.8, 4) is 0 Å². The number of aliphatic hydroxyl groups is 3. The van der Waals surface area contributed by atoms with E-state index < -0.39 is 30.5 Å². The fraction of sp³-hybridized carbons (Fsp3) is 1.00. The number of hydrogen-bond donors (Lipinski definition) is 3. The molecule has 0 amide bonds. The predicted octanol–water partition coefficient (Wildman–Crippen LogP) is -2.65. The Balaban J connectivity index is -0.0000000393. The summed E-state index contributed by atoms with van der Waals surface area (Å²) in [4.78, 5) is 0. The standard InChI is InChI=1S/C3H8O3.4C3H7O.Ti/c4-1-3(6)2-5;4*1-3(2)4;/h3-6H,1-2H2;4*3H,1-2H3;/q;4*-1;+4. The Bertz CT molecular complexity index is 118. The number of aliphatic hydroxyl groups excluding tert-OH is 3. The molecule has 7 nitrogen and oxygen atoms in total. The molecule has 0 atom stereocenters. The summed E-state index contributed by atoms with van der Waals surface area (Å²) in [6.07, 6.45) is -2.62. The van der Waals surface area contributed by atoms with Crippen molar-refractivity contribution in [2.45, 2.75) is 85.9 Å². The topological polar surface area (TPSA) is 153 Å². The number of hydrogen-bond acceptors (Lipinski definition) is 7. The molecule has 0 aromatic rings. The van der Waals surface area contributed by atoms with Crippen LogP contribution in [0.5, 0.6) is 0 Å². The zero-order valence-corrected chi connectivity index (χ0v) is 17.3. The van der Waals surface area contributed by atoms with Gasteiger partial charge in [-0.05, 0) is 0 Å². The van der Waals surface area contributed by atoms with E-state index in [1.165, 1.54) is 0 Å². The van der Waals surface area contributed by atoms with Crippen molar-refractivity contribution in [3.63, 3.8) is 0 Å². The quantitative estimate of drug-likeness (QED) is 0.445. The summed E-state index contributed by atoms with van der Waals surface area (Å²) < 4.78 is 0. The summed E-state index contributed by atoms with van der Waals surface area (Å²) in [6, 6.07) is 0. The second-order valence-corrected chi connectivity index (χ2v) is 5.21. The monoisotopic (exact) mass is 376 g/mol. The maximum atomic E-state index is 9.53. The minimum absolute atomic E-state index is 0. The molecule has 0 fully saturated rings. The van der Waals surface area contributed by atoms with Gasteiger partial charge in [-0.15, -0.1) is 24.4 Å². The molecule has 0 radical (unpaired) electrons. The zero-order chi connectivity index (χ0) is 19.3. The average molecular weight is 376 g/mol. The van der Waals surface area contributed by atoms with Gasteiger partial charge >= 0.3 is 21.7 Å². The molecule has 0 heterocycles. The molecule has 0 bridgehead atoms. The van der Waals surface area contributed by atoms with Crippen LogP contribution in [-0.4, -0.2) is 59.1 Å². The largest absolute Gasteiger partial charge is 4.00 e. The minimum Gasteiger partial charge on any atom is -0.852 e. The van der Waals surface area contributed by atoms with E-state index in [1.54, 1.807) is 55.4 Å². The first-order valence-electron chi connectivity index (χ1n) is 7.27. The van der Waals surface area contributed by atoms with Crippen molar-refractivity contribution in [2.75, 3.05) is 13.2 Å². The first kappa shape index (κ1) is 38.8. The third-order valence-electron chi connectivity index (χ3n) is 0.421. The molecule has 8 heteroatoms. The molecule has 0 aliphatic heterocycles. The molecule has 0 spiro atoms. The van der Waals surface area contributed by atoms with Crippen LogP contribution in [0.25, 0.3) is 0 Å². The van der Waals surface area contributed by atoms with Gasteiger partial charge in [0.15, 0.2) is 0 Å². The molecule has 0 aromatic carbocycles. The fourth-order valence-corrected chi connectivity index (χ4v) is 0.0577. The normalized spacial score (nSPS) is 8.87. The first-order chi connectivity index (χ1) is 9.74. The summed E-state index contributed by atoms with van der Waals surface area (Å²) in [5.74, 6) is 0. The van der Waals surface area contributed by atoms with Crippen molar-refractivity contribution >= 4 is 0 Å². The molecule has 142 valence electrons. The summed E-state index contributed by atoms with van der Waals surface area (Å²) >= 11 is 0. The van der Waals surface area contributed by atoms with Crippen LogP contribution in [0.3, 0.4) is 0 Å². The van der Waals surface area contributed by atoms with Crippen molar-refractivity contribution in [2.24, 2.45) is 0 Å². The van der Waals surface area contributed by atoms with Crippen LogP contribution < -0.4 is 20.4 Å². The van der Waals surface area contributed by atoms with Gasteiger partial charge in [-0.1, -0.05) is 55.4 Å². The van der Waals surface area contributed by atoms with Gasteiger partial charge in [0, 0.05) is 0 Å². The number of rotatable bonds is 2. The Labute approximate surface area is 156 Å². The Morgan fingerprint density at radius 3 is 0.652 bits per heavy atom. The Morgan fingerprint density at radius 1 is 0.565 bits per heavy atom. The van der Waals surface area contributed by atoms with Gasteiger partial charge in [-0.2, -0.15) is 0 Å². The maximum absolute atomic E-state index is 9.53. The molecule has 0 rings (SSSR count). The SMILES string of the molecule is CC(C)[O-].CC(C)[O-].CC(C)[O-].CC(C)[O-].OCC(O)CO.[Ti+4]. The second-order valence-electron chi connectivity index (χ2n) is 5.21. The van der Waals surface area contributed by atoms with E-state index in [1.807, 2.05) is 0 Å². The van der Waals surface area contributed by atoms with Crippen molar-refractivity contribution < 1.29 is 57.5 Å². The van der Waals surface area contributed by atoms with Gasteiger partial charge in [0.1, 0.15) is 6.10 Å². The van der Waals surface area contributed by atoms with Crippen molar-refractivity contribution in [1.82, 2.24) is 0 Å². The van der Waals surface area contributed by atoms with Crippen molar-refractivity contribution in [1.29, 1.82) is 0 Å². The van der Waals surface area contributed by atoms with Gasteiger partial charge in [-0.25, -0.2) is 0 Å². The van der Waals surface area contributed by atoms with Crippen LogP contribution in [-0.2, 0) is 21.7 Å². The van der Waals surface area contributed by atoms with E-state index in [-0.39, 0.29) is 34.9 Å². The molecule has 0 aromatic heterocycles. The molecular weight excluding hydrogens is 340 g/mol. The Hall–Kier alpha value is 0.434. The van der Waals surface area contributed by atoms with Crippen molar-refractivity contribution in [3.05, 3.63) is 0 Å². The van der Waals surface area contributed by atoms with Crippen LogP contribution >= 0.6 is 0 Å². The van der Waals surface area contributed by atoms with E-state index in [2.05, 4.69) is 0 Å². The summed E-state index contributed by atoms with van der Waals surface area (Å²) in [7, 11) is 0. The smallest absolute Gasteiger partial charge is 0.852 e. The summed E-state index contributed by atoms with van der Waals surface area (Å²) in [6.45, 7) is 12.2. The molecule has 0 aliphatic rings. The van der Waals surface area contributed by atoms with Gasteiger partial charge in [0.05, 0.1) is 13.2 Å². The summed E-state index contributed by atoms with van der Waals surface area (Å²) in [5.41, 5.74) is 0. The zero-order valence-electron chi connectivity index (χ0n) is 15.8. The van der Waals surface area contributed by atoms with E-state index in [4.69, 9.17) is 15.3 Å². The van der Waals surface area contributed by atoms with Gasteiger partial charge in [0.25, 0.3) is 0 Å². The van der Waals surface area contributed by atoms with Crippen LogP contribution in [0.15, 0.2) is 0 Å². The third-order valence-corrected chi connectivity index (χ3v) is 0.421. The molecule has 0 unspecified atom stereocenters. The Kier molecular flexibility index (Phi) is 57.2. The average Bonchev–Trinajstić information content (AvgIpc) is 2.24. The molecule has 3 N–H and O–H groups in total. The van der Waals surface area contributed by atoms with E-state index >= 15 is 0 Å². The maximum Gasteiger partial charge on any atom is 4.00 e. The fourth-order valence-electron chi connectivity index (χ4n) is 0.0577. The van der Waals surface area contributed by atoms with Gasteiger partial charge in [0.2, 0.25) is 0 Å². The van der Waals surface area contributed by atoms with Crippen LogP contribution in [0.1, 0.15) is 55.4 Å². The second kappa shape index (κ2) is 33.9. The van der Waals surface area contributed by atoms with Crippen LogP contribution in [0.2, 0.25) is 0 Å². The van der Waals surface area contributed by atoms with Crippen LogP contribution in [0.4, 0.5) is 0 Å². The predicted molar refractivity (Wildman–Crippen MR) is 80.7 cm³/mol. The molecule has 0 saturated heterocycles. The van der Waals surface area contributed by atoms with Gasteiger partial charge < -0.3 is 35.7 Å². The minimum atomic E-state index is -0.954. The van der Waals surface area contributed by atoms with Gasteiger partial charge in [-0.3, -0.25) is 0 Å². The Morgan fingerprint density at radius 2 is 0.652 bits per heavy atom. The molecular formula is C15H36O7Ti. The molecule has 0 saturated carbocycles.